The number of carbonyl (C=O) groups excluding carboxylic acids is 2. The van der Waals surface area contributed by atoms with Crippen molar-refractivity contribution in [3.63, 3.8) is 0 Å². The van der Waals surface area contributed by atoms with E-state index in [1.807, 2.05) is 70.0 Å². The van der Waals surface area contributed by atoms with E-state index in [2.05, 4.69) is 5.32 Å². The number of nitrogens with zero attached hydrogens (tertiary/aromatic N) is 1. The number of hydrogen-bond donors (Lipinski definition) is 1. The van der Waals surface area contributed by atoms with Crippen LogP contribution in [-0.2, 0) is 19.7 Å². The summed E-state index contributed by atoms with van der Waals surface area (Å²) >= 11 is 0. The second kappa shape index (κ2) is 6.79. The van der Waals surface area contributed by atoms with E-state index in [4.69, 9.17) is 4.74 Å². The largest absolute Gasteiger partial charge is 0.469 e. The van der Waals surface area contributed by atoms with Crippen molar-refractivity contribution < 1.29 is 14.3 Å². The second-order valence-electron chi connectivity index (χ2n) is 7.86. The number of esters is 1. The van der Waals surface area contributed by atoms with Gasteiger partial charge in [0.2, 0.25) is 5.91 Å². The molecule has 1 aliphatic heterocycles. The number of carbonyl (C=O) groups is 2. The van der Waals surface area contributed by atoms with E-state index in [1.165, 1.54) is 7.11 Å². The molecule has 25 heavy (non-hydrogen) atoms. The van der Waals surface area contributed by atoms with Gasteiger partial charge in [-0.2, -0.15) is 0 Å². The maximum absolute atomic E-state index is 13.6. The standard InChI is InChI=1S/C20H30N2O3/c1-18(2,17(24)25-6)19(3,4)22-13-12-20(14-21-5,16(22)23)15-10-8-7-9-11-15/h7-11,21H,12-14H2,1-6H3. The van der Waals surface area contributed by atoms with Crippen LogP contribution in [0, 0.1) is 5.41 Å². The van der Waals surface area contributed by atoms with Gasteiger partial charge in [-0.05, 0) is 46.7 Å². The highest BCUT2D eigenvalue weighted by Crippen LogP contribution is 2.44. The lowest BCUT2D eigenvalue weighted by atomic mass is 9.72. The van der Waals surface area contributed by atoms with E-state index < -0.39 is 16.4 Å². The first kappa shape index (κ1) is 19.4. The summed E-state index contributed by atoms with van der Waals surface area (Å²) in [5.41, 5.74) is -1.06. The third kappa shape index (κ3) is 2.95. The fraction of sp³-hybridized carbons (Fsp3) is 0.600. The Kier molecular flexibility index (Phi) is 5.28. The predicted molar refractivity (Wildman–Crippen MR) is 98.3 cm³/mol. The first-order valence-electron chi connectivity index (χ1n) is 8.76. The average molecular weight is 346 g/mol. The van der Waals surface area contributed by atoms with Crippen LogP contribution in [0.3, 0.4) is 0 Å². The lowest BCUT2D eigenvalue weighted by Crippen LogP contribution is -2.59. The minimum Gasteiger partial charge on any atom is -0.469 e. The van der Waals surface area contributed by atoms with Crippen molar-refractivity contribution in [2.75, 3.05) is 27.2 Å². The average Bonchev–Trinajstić information content (AvgIpc) is 2.93. The molecule has 1 saturated heterocycles. The molecule has 0 saturated carbocycles. The summed E-state index contributed by atoms with van der Waals surface area (Å²) in [7, 11) is 3.26. The Balaban J connectivity index is 2.44. The fourth-order valence-electron chi connectivity index (χ4n) is 3.74. The number of methoxy groups -OCH3 is 1. The number of nitrogens with one attached hydrogen (secondary N) is 1. The van der Waals surface area contributed by atoms with Crippen LogP contribution in [0.15, 0.2) is 30.3 Å². The van der Waals surface area contributed by atoms with Crippen LogP contribution >= 0.6 is 0 Å². The first-order chi connectivity index (χ1) is 11.6. The smallest absolute Gasteiger partial charge is 0.313 e. The van der Waals surface area contributed by atoms with E-state index >= 15 is 0 Å². The minimum absolute atomic E-state index is 0.0648. The highest BCUT2D eigenvalue weighted by molar-refractivity contribution is 5.92. The Morgan fingerprint density at radius 2 is 1.84 bits per heavy atom. The van der Waals surface area contributed by atoms with Gasteiger partial charge in [-0.1, -0.05) is 30.3 Å². The molecule has 0 radical (unpaired) electrons. The van der Waals surface area contributed by atoms with Gasteiger partial charge in [0.15, 0.2) is 0 Å². The van der Waals surface area contributed by atoms with Gasteiger partial charge in [0.05, 0.1) is 23.5 Å². The summed E-state index contributed by atoms with van der Waals surface area (Å²) in [6.45, 7) is 8.76. The molecule has 0 aliphatic carbocycles. The molecule has 1 unspecified atom stereocenters. The molecule has 5 heteroatoms. The van der Waals surface area contributed by atoms with Crippen LogP contribution in [-0.4, -0.2) is 49.6 Å². The topological polar surface area (TPSA) is 58.6 Å². The zero-order valence-corrected chi connectivity index (χ0v) is 16.2. The number of amides is 1. The van der Waals surface area contributed by atoms with Crippen molar-refractivity contribution in [3.8, 4) is 0 Å². The summed E-state index contributed by atoms with van der Waals surface area (Å²) in [4.78, 5) is 27.7. The monoisotopic (exact) mass is 346 g/mol. The van der Waals surface area contributed by atoms with Crippen LogP contribution in [0.2, 0.25) is 0 Å². The Morgan fingerprint density at radius 3 is 2.36 bits per heavy atom. The number of hydrogen-bond acceptors (Lipinski definition) is 4. The number of likely N-dealkylation sites (tertiary alicyclic amines) is 1. The van der Waals surface area contributed by atoms with Gasteiger partial charge in [0.25, 0.3) is 0 Å². The van der Waals surface area contributed by atoms with E-state index in [0.717, 1.165) is 12.0 Å². The van der Waals surface area contributed by atoms with Crippen LogP contribution in [0.4, 0.5) is 0 Å². The molecular formula is C20H30N2O3. The highest BCUT2D eigenvalue weighted by Gasteiger charge is 2.57. The van der Waals surface area contributed by atoms with E-state index in [0.29, 0.717) is 13.1 Å². The van der Waals surface area contributed by atoms with E-state index in [1.54, 1.807) is 0 Å². The Hall–Kier alpha value is -1.88. The van der Waals surface area contributed by atoms with E-state index in [9.17, 15) is 9.59 Å². The molecule has 5 nitrogen and oxygen atoms in total. The lowest BCUT2D eigenvalue weighted by Gasteiger charge is -2.46. The van der Waals surface area contributed by atoms with Gasteiger partial charge in [0, 0.05) is 13.1 Å². The third-order valence-electron chi connectivity index (χ3n) is 6.12. The van der Waals surface area contributed by atoms with E-state index in [-0.39, 0.29) is 11.9 Å². The number of rotatable bonds is 6. The summed E-state index contributed by atoms with van der Waals surface area (Å²) in [6, 6.07) is 9.91. The zero-order chi connectivity index (χ0) is 18.9. The Labute approximate surface area is 150 Å². The van der Waals surface area contributed by atoms with Crippen LogP contribution in [0.1, 0.15) is 39.7 Å². The molecular weight excluding hydrogens is 316 g/mol. The fourth-order valence-corrected chi connectivity index (χ4v) is 3.74. The maximum Gasteiger partial charge on any atom is 0.313 e. The molecule has 0 bridgehead atoms. The number of benzene rings is 1. The molecule has 1 aromatic carbocycles. The molecule has 0 aromatic heterocycles. The molecule has 1 N–H and O–H groups in total. The lowest BCUT2D eigenvalue weighted by molar-refractivity contribution is -0.162. The quantitative estimate of drug-likeness (QED) is 0.804. The maximum atomic E-state index is 13.6. The van der Waals surface area contributed by atoms with Crippen LogP contribution in [0.25, 0.3) is 0 Å². The molecule has 1 aromatic rings. The van der Waals surface area contributed by atoms with Crippen molar-refractivity contribution in [3.05, 3.63) is 35.9 Å². The predicted octanol–water partition coefficient (Wildman–Crippen LogP) is 2.35. The SMILES string of the molecule is CNCC1(c2ccccc2)CCN(C(C)(C)C(C)(C)C(=O)OC)C1=O. The van der Waals surface area contributed by atoms with Crippen molar-refractivity contribution in [1.82, 2.24) is 10.2 Å². The summed E-state index contributed by atoms with van der Waals surface area (Å²) in [6.07, 6.45) is 0.720. The Morgan fingerprint density at radius 1 is 1.24 bits per heavy atom. The van der Waals surface area contributed by atoms with Gasteiger partial charge in [-0.15, -0.1) is 0 Å². The van der Waals surface area contributed by atoms with Crippen molar-refractivity contribution in [2.24, 2.45) is 5.41 Å². The molecule has 1 heterocycles. The van der Waals surface area contributed by atoms with Gasteiger partial charge in [-0.25, -0.2) is 0 Å². The van der Waals surface area contributed by atoms with Gasteiger partial charge >= 0.3 is 5.97 Å². The van der Waals surface area contributed by atoms with Gasteiger partial charge < -0.3 is 15.0 Å². The Bertz CT molecular complexity index is 640. The van der Waals surface area contributed by atoms with Crippen molar-refractivity contribution >= 4 is 11.9 Å². The van der Waals surface area contributed by atoms with Crippen molar-refractivity contribution in [2.45, 2.75) is 45.1 Å². The van der Waals surface area contributed by atoms with Gasteiger partial charge in [0.1, 0.15) is 0 Å². The minimum atomic E-state index is -0.816. The zero-order valence-electron chi connectivity index (χ0n) is 16.2. The molecule has 1 aliphatic rings. The highest BCUT2D eigenvalue weighted by atomic mass is 16.5. The van der Waals surface area contributed by atoms with Crippen LogP contribution in [0.5, 0.6) is 0 Å². The molecule has 0 spiro atoms. The summed E-state index contributed by atoms with van der Waals surface area (Å²) in [5, 5.41) is 3.18. The molecule has 1 amide bonds. The third-order valence-corrected chi connectivity index (χ3v) is 6.12. The van der Waals surface area contributed by atoms with Crippen LogP contribution < -0.4 is 5.32 Å². The van der Waals surface area contributed by atoms with Crippen molar-refractivity contribution in [1.29, 1.82) is 0 Å². The summed E-state index contributed by atoms with van der Waals surface area (Å²) in [5.74, 6) is -0.244. The molecule has 1 atom stereocenters. The molecule has 138 valence electrons. The number of ether oxygens (including phenoxy) is 1. The molecule has 2 rings (SSSR count). The normalized spacial score (nSPS) is 21.5. The summed E-state index contributed by atoms with van der Waals surface area (Å²) < 4.78 is 4.99. The second-order valence-corrected chi connectivity index (χ2v) is 7.86. The van der Waals surface area contributed by atoms with Gasteiger partial charge in [-0.3, -0.25) is 9.59 Å². The number of likely N-dealkylation sites (N-methyl/N-ethyl adjacent to an activating group) is 1. The molecule has 1 fully saturated rings. The first-order valence-corrected chi connectivity index (χ1v) is 8.76.